The van der Waals surface area contributed by atoms with Crippen LogP contribution in [0.4, 0.5) is 0 Å². The predicted molar refractivity (Wildman–Crippen MR) is 83.3 cm³/mol. The Morgan fingerprint density at radius 1 is 1.27 bits per heavy atom. The molecule has 3 N–H and O–H groups in total. The molecule has 116 valence electrons. The minimum atomic E-state index is -0.502. The Morgan fingerprint density at radius 3 is 2.68 bits per heavy atom. The fourth-order valence-electron chi connectivity index (χ4n) is 1.68. The molecule has 0 aliphatic heterocycles. The zero-order valence-electron chi connectivity index (χ0n) is 12.1. The molecule has 0 bridgehead atoms. The summed E-state index contributed by atoms with van der Waals surface area (Å²) in [5.74, 6) is -0.368. The molecule has 0 atom stereocenters. The second-order valence-electron chi connectivity index (χ2n) is 4.64. The second kappa shape index (κ2) is 7.08. The molecule has 1 aromatic carbocycles. The van der Waals surface area contributed by atoms with Crippen molar-refractivity contribution >= 4 is 27.7 Å². The van der Waals surface area contributed by atoms with Crippen LogP contribution in [0.15, 0.2) is 28.7 Å². The number of carbonyl (C=O) groups is 2. The van der Waals surface area contributed by atoms with E-state index in [1.54, 1.807) is 19.1 Å². The summed E-state index contributed by atoms with van der Waals surface area (Å²) in [7, 11) is 0. The molecule has 0 radical (unpaired) electrons. The van der Waals surface area contributed by atoms with Crippen molar-refractivity contribution in [1.82, 2.24) is 21.0 Å². The molecule has 2 aromatic rings. The Morgan fingerprint density at radius 2 is 2.05 bits per heavy atom. The maximum Gasteiger partial charge on any atom is 0.290 e. The van der Waals surface area contributed by atoms with Gasteiger partial charge in [-0.2, -0.15) is 5.10 Å². The van der Waals surface area contributed by atoms with Crippen LogP contribution in [0.3, 0.4) is 0 Å². The predicted octanol–water partition coefficient (Wildman–Crippen LogP) is 1.63. The molecular weight excluding hydrogens is 352 g/mol. The van der Waals surface area contributed by atoms with Crippen LogP contribution in [0.25, 0.3) is 0 Å². The summed E-state index contributed by atoms with van der Waals surface area (Å²) in [6.07, 6.45) is 0. The number of amides is 2. The number of hydrogen-bond acceptors (Lipinski definition) is 4. The van der Waals surface area contributed by atoms with Crippen LogP contribution >= 0.6 is 15.9 Å². The van der Waals surface area contributed by atoms with Crippen molar-refractivity contribution in [3.05, 3.63) is 45.7 Å². The van der Waals surface area contributed by atoms with Crippen molar-refractivity contribution in [3.63, 3.8) is 0 Å². The van der Waals surface area contributed by atoms with E-state index in [2.05, 4.69) is 37.0 Å². The lowest BCUT2D eigenvalue weighted by Crippen LogP contribution is -2.44. The Bertz CT molecular complexity index is 699. The number of H-pyrrole nitrogens is 1. The number of nitrogens with one attached hydrogen (secondary N) is 3. The van der Waals surface area contributed by atoms with Gasteiger partial charge in [-0.25, -0.2) is 0 Å². The smallest absolute Gasteiger partial charge is 0.290 e. The molecule has 0 saturated carbocycles. The van der Waals surface area contributed by atoms with Gasteiger partial charge in [-0.15, -0.1) is 0 Å². The third-order valence-electron chi connectivity index (χ3n) is 2.75. The molecule has 0 saturated heterocycles. The highest BCUT2D eigenvalue weighted by Gasteiger charge is 2.11. The Hall–Kier alpha value is -2.35. The summed E-state index contributed by atoms with van der Waals surface area (Å²) in [6.45, 7) is 3.44. The molecular formula is C14H15BrN4O3. The average Bonchev–Trinajstić information content (AvgIpc) is 2.90. The zero-order valence-corrected chi connectivity index (χ0v) is 13.7. The number of benzene rings is 1. The summed E-state index contributed by atoms with van der Waals surface area (Å²) in [5.41, 5.74) is 6.38. The maximum absolute atomic E-state index is 11.7. The molecule has 1 heterocycles. The molecule has 22 heavy (non-hydrogen) atoms. The molecule has 2 amide bonds. The third kappa shape index (κ3) is 4.32. The van der Waals surface area contributed by atoms with Crippen LogP contribution in [0.2, 0.25) is 0 Å². The molecule has 0 aliphatic carbocycles. The van der Waals surface area contributed by atoms with Gasteiger partial charge in [-0.05, 0) is 43.7 Å². The van der Waals surface area contributed by atoms with E-state index in [0.29, 0.717) is 5.75 Å². The summed E-state index contributed by atoms with van der Waals surface area (Å²) in [6, 6.07) is 7.04. The van der Waals surface area contributed by atoms with Gasteiger partial charge in [0.15, 0.2) is 12.3 Å². The highest BCUT2D eigenvalue weighted by atomic mass is 79.9. The summed E-state index contributed by atoms with van der Waals surface area (Å²) in [5, 5.41) is 6.43. The van der Waals surface area contributed by atoms with E-state index in [0.717, 1.165) is 15.7 Å². The van der Waals surface area contributed by atoms with E-state index in [-0.39, 0.29) is 12.3 Å². The summed E-state index contributed by atoms with van der Waals surface area (Å²) >= 11 is 3.35. The van der Waals surface area contributed by atoms with Gasteiger partial charge in [0, 0.05) is 10.2 Å². The number of halogens is 1. The number of hydrazine groups is 1. The van der Waals surface area contributed by atoms with E-state index in [1.165, 1.54) is 0 Å². The fraction of sp³-hybridized carbons (Fsp3) is 0.214. The van der Waals surface area contributed by atoms with Crippen LogP contribution in [0.1, 0.15) is 21.7 Å². The second-order valence-corrected chi connectivity index (χ2v) is 5.55. The number of hydrogen-bond donors (Lipinski definition) is 3. The standard InChI is InChI=1S/C14H15BrN4O3/c1-8-5-10(15)3-4-12(8)22-7-13(20)18-19-14(21)11-6-9(2)16-17-11/h3-6H,7H2,1-2H3,(H,16,17)(H,18,20)(H,19,21). The van der Waals surface area contributed by atoms with E-state index >= 15 is 0 Å². The van der Waals surface area contributed by atoms with E-state index in [9.17, 15) is 9.59 Å². The maximum atomic E-state index is 11.7. The highest BCUT2D eigenvalue weighted by Crippen LogP contribution is 2.21. The average molecular weight is 367 g/mol. The minimum absolute atomic E-state index is 0.197. The van der Waals surface area contributed by atoms with Crippen molar-refractivity contribution in [3.8, 4) is 5.75 Å². The van der Waals surface area contributed by atoms with Crippen molar-refractivity contribution in [1.29, 1.82) is 0 Å². The number of aromatic nitrogens is 2. The lowest BCUT2D eigenvalue weighted by molar-refractivity contribution is -0.123. The fourth-order valence-corrected chi connectivity index (χ4v) is 2.15. The number of aryl methyl sites for hydroxylation is 2. The van der Waals surface area contributed by atoms with Crippen LogP contribution in [-0.4, -0.2) is 28.6 Å². The molecule has 0 aliphatic rings. The Labute approximate surface area is 135 Å². The van der Waals surface area contributed by atoms with E-state index < -0.39 is 11.8 Å². The molecule has 8 heteroatoms. The molecule has 1 aromatic heterocycles. The van der Waals surface area contributed by atoms with Gasteiger partial charge >= 0.3 is 0 Å². The number of aromatic amines is 1. The van der Waals surface area contributed by atoms with Crippen molar-refractivity contribution in [2.24, 2.45) is 0 Å². The largest absolute Gasteiger partial charge is 0.483 e. The molecule has 0 spiro atoms. The van der Waals surface area contributed by atoms with Crippen molar-refractivity contribution in [2.45, 2.75) is 13.8 Å². The Balaban J connectivity index is 1.79. The number of carbonyl (C=O) groups excluding carboxylic acids is 2. The van der Waals surface area contributed by atoms with Crippen molar-refractivity contribution in [2.75, 3.05) is 6.61 Å². The first-order chi connectivity index (χ1) is 10.5. The first-order valence-corrected chi connectivity index (χ1v) is 7.25. The van der Waals surface area contributed by atoms with Gasteiger partial charge in [0.2, 0.25) is 0 Å². The minimum Gasteiger partial charge on any atom is -0.483 e. The SMILES string of the molecule is Cc1cc(C(=O)NNC(=O)COc2ccc(Br)cc2C)n[nH]1. The monoisotopic (exact) mass is 366 g/mol. The highest BCUT2D eigenvalue weighted by molar-refractivity contribution is 9.10. The lowest BCUT2D eigenvalue weighted by Gasteiger charge is -2.10. The first-order valence-electron chi connectivity index (χ1n) is 6.46. The van der Waals surface area contributed by atoms with Crippen LogP contribution in [0.5, 0.6) is 5.75 Å². The van der Waals surface area contributed by atoms with Gasteiger partial charge in [-0.1, -0.05) is 15.9 Å². The van der Waals surface area contributed by atoms with E-state index in [4.69, 9.17) is 4.74 Å². The number of nitrogens with zero attached hydrogens (tertiary/aromatic N) is 1. The Kier molecular flexibility index (Phi) is 5.16. The molecule has 7 nitrogen and oxygen atoms in total. The summed E-state index contributed by atoms with van der Waals surface area (Å²) in [4.78, 5) is 23.3. The summed E-state index contributed by atoms with van der Waals surface area (Å²) < 4.78 is 6.32. The van der Waals surface area contributed by atoms with Gasteiger partial charge in [0.25, 0.3) is 11.8 Å². The van der Waals surface area contributed by atoms with Gasteiger partial charge in [0.05, 0.1) is 0 Å². The lowest BCUT2D eigenvalue weighted by atomic mass is 10.2. The zero-order chi connectivity index (χ0) is 16.1. The van der Waals surface area contributed by atoms with Crippen LogP contribution in [-0.2, 0) is 4.79 Å². The number of ether oxygens (including phenoxy) is 1. The van der Waals surface area contributed by atoms with E-state index in [1.807, 2.05) is 19.1 Å². The molecule has 0 fully saturated rings. The van der Waals surface area contributed by atoms with Crippen LogP contribution < -0.4 is 15.6 Å². The topological polar surface area (TPSA) is 96.1 Å². The quantitative estimate of drug-likeness (QED) is 0.716. The van der Waals surface area contributed by atoms with Crippen molar-refractivity contribution < 1.29 is 14.3 Å². The van der Waals surface area contributed by atoms with Gasteiger partial charge < -0.3 is 4.74 Å². The van der Waals surface area contributed by atoms with Gasteiger partial charge in [0.1, 0.15) is 5.75 Å². The first kappa shape index (κ1) is 16.0. The molecule has 0 unspecified atom stereocenters. The molecule has 2 rings (SSSR count). The van der Waals surface area contributed by atoms with Gasteiger partial charge in [-0.3, -0.25) is 25.5 Å². The third-order valence-corrected chi connectivity index (χ3v) is 3.24. The van der Waals surface area contributed by atoms with Crippen LogP contribution in [0, 0.1) is 13.8 Å². The normalized spacial score (nSPS) is 10.1. The number of rotatable bonds is 4.